The Hall–Kier alpha value is -0.180. The molecule has 0 aromatic carbocycles. The van der Waals surface area contributed by atoms with Gasteiger partial charge >= 0.3 is 0 Å². The van der Waals surface area contributed by atoms with Crippen LogP contribution in [0.4, 0.5) is 8.96 Å². The molecule has 0 spiro atoms. The molecule has 10 heavy (non-hydrogen) atoms. The average Bonchev–Trinajstić information content (AvgIpc) is 1.87. The summed E-state index contributed by atoms with van der Waals surface area (Å²) in [5.41, 5.74) is 0. The van der Waals surface area contributed by atoms with Crippen molar-refractivity contribution in [2.75, 3.05) is 6.54 Å². The predicted molar refractivity (Wildman–Crippen MR) is 37.7 cm³/mol. The van der Waals surface area contributed by atoms with Crippen molar-refractivity contribution in [3.63, 3.8) is 0 Å². The van der Waals surface area contributed by atoms with E-state index in [9.17, 15) is 8.96 Å². The van der Waals surface area contributed by atoms with Crippen LogP contribution in [0.1, 0.15) is 39.0 Å². The molecule has 0 unspecified atom stereocenters. The molecular weight excluding hydrogens is 136 g/mol. The van der Waals surface area contributed by atoms with Crippen LogP contribution in [0.5, 0.6) is 0 Å². The van der Waals surface area contributed by atoms with Gasteiger partial charge in [-0.3, -0.25) is 0 Å². The molecule has 0 heterocycles. The fourth-order valence-electron chi connectivity index (χ4n) is 0.835. The number of hydrogen-bond acceptors (Lipinski definition) is 1. The molecule has 0 aromatic rings. The van der Waals surface area contributed by atoms with Gasteiger partial charge in [0.25, 0.3) is 0 Å². The summed E-state index contributed by atoms with van der Waals surface area (Å²) >= 11 is 0. The zero-order valence-corrected chi connectivity index (χ0v) is 6.45. The van der Waals surface area contributed by atoms with Crippen LogP contribution in [-0.4, -0.2) is 11.9 Å². The third-order valence-electron chi connectivity index (χ3n) is 1.43. The van der Waals surface area contributed by atoms with Crippen molar-refractivity contribution in [1.82, 2.24) is 5.34 Å². The molecule has 0 aliphatic carbocycles. The summed E-state index contributed by atoms with van der Waals surface area (Å²) in [7, 11) is 0. The molecule has 0 amide bonds. The van der Waals surface area contributed by atoms with E-state index in [0.717, 1.165) is 19.3 Å². The minimum absolute atomic E-state index is 0.0796. The third-order valence-corrected chi connectivity index (χ3v) is 1.43. The normalized spacial score (nSPS) is 10.8. The first-order valence-electron chi connectivity index (χ1n) is 3.86. The molecule has 0 aliphatic rings. The van der Waals surface area contributed by atoms with E-state index in [1.807, 2.05) is 0 Å². The lowest BCUT2D eigenvalue weighted by Gasteiger charge is -1.99. The zero-order chi connectivity index (χ0) is 7.82. The maximum atomic E-state index is 11.4. The molecule has 0 atom stereocenters. The Bertz CT molecular complexity index is 66.6. The highest BCUT2D eigenvalue weighted by Gasteiger charge is 1.96. The van der Waals surface area contributed by atoms with Gasteiger partial charge in [0.1, 0.15) is 0 Å². The van der Waals surface area contributed by atoms with E-state index in [0.29, 0.717) is 6.42 Å². The van der Waals surface area contributed by atoms with Crippen LogP contribution in [0.25, 0.3) is 0 Å². The van der Waals surface area contributed by atoms with Crippen LogP contribution in [0.3, 0.4) is 0 Å². The molecule has 0 rings (SSSR count). The summed E-state index contributed by atoms with van der Waals surface area (Å²) in [4.78, 5) is 0. The van der Waals surface area contributed by atoms with Gasteiger partial charge in [-0.2, -0.15) is 0 Å². The lowest BCUT2D eigenvalue weighted by atomic mass is 10.2. The van der Waals surface area contributed by atoms with Gasteiger partial charge in [0, 0.05) is 5.34 Å². The van der Waals surface area contributed by atoms with Crippen LogP contribution in [0.2, 0.25) is 0 Å². The Morgan fingerprint density at radius 2 is 1.60 bits per heavy atom. The topological polar surface area (TPSA) is 3.24 Å². The van der Waals surface area contributed by atoms with Gasteiger partial charge < -0.3 is 0 Å². The van der Waals surface area contributed by atoms with Gasteiger partial charge in [-0.15, -0.1) is 8.96 Å². The summed E-state index contributed by atoms with van der Waals surface area (Å²) in [6, 6.07) is 0. The Morgan fingerprint density at radius 3 is 2.10 bits per heavy atom. The molecule has 0 saturated carbocycles. The maximum Gasteiger partial charge on any atom is 0.0620 e. The van der Waals surface area contributed by atoms with Crippen LogP contribution in [0, 0.1) is 0 Å². The van der Waals surface area contributed by atoms with E-state index >= 15 is 0 Å². The van der Waals surface area contributed by atoms with E-state index in [4.69, 9.17) is 0 Å². The monoisotopic (exact) mass is 151 g/mol. The highest BCUT2D eigenvalue weighted by atomic mass is 19.4. The van der Waals surface area contributed by atoms with Gasteiger partial charge in [0.15, 0.2) is 0 Å². The Labute approximate surface area is 60.9 Å². The molecular formula is C7H15F2N. The van der Waals surface area contributed by atoms with Crippen molar-refractivity contribution >= 4 is 0 Å². The van der Waals surface area contributed by atoms with Gasteiger partial charge in [0.05, 0.1) is 6.54 Å². The summed E-state index contributed by atoms with van der Waals surface area (Å²) in [5, 5.41) is -0.744. The number of rotatable bonds is 6. The van der Waals surface area contributed by atoms with Crippen molar-refractivity contribution in [2.24, 2.45) is 0 Å². The molecule has 0 fully saturated rings. The van der Waals surface area contributed by atoms with Crippen LogP contribution >= 0.6 is 0 Å². The lowest BCUT2D eigenvalue weighted by molar-refractivity contribution is -0.153. The van der Waals surface area contributed by atoms with Crippen LogP contribution in [-0.2, 0) is 0 Å². The van der Waals surface area contributed by atoms with E-state index in [2.05, 4.69) is 6.92 Å². The Kier molecular flexibility index (Phi) is 6.81. The summed E-state index contributed by atoms with van der Waals surface area (Å²) in [5.74, 6) is 0. The fourth-order valence-corrected chi connectivity index (χ4v) is 0.835. The van der Waals surface area contributed by atoms with E-state index in [-0.39, 0.29) is 6.54 Å². The lowest BCUT2D eigenvalue weighted by Crippen LogP contribution is -2.01. The second kappa shape index (κ2) is 6.93. The van der Waals surface area contributed by atoms with E-state index in [1.165, 1.54) is 6.42 Å². The van der Waals surface area contributed by atoms with E-state index < -0.39 is 5.34 Å². The zero-order valence-electron chi connectivity index (χ0n) is 6.45. The second-order valence-corrected chi connectivity index (χ2v) is 2.44. The SMILES string of the molecule is CCCCCCCN(F)F. The number of hydrogen-bond donors (Lipinski definition) is 0. The summed E-state index contributed by atoms with van der Waals surface area (Å²) < 4.78 is 22.8. The first-order chi connectivity index (χ1) is 4.77. The summed E-state index contributed by atoms with van der Waals surface area (Å²) in [6.45, 7) is 2.03. The van der Waals surface area contributed by atoms with Gasteiger partial charge in [-0.05, 0) is 6.42 Å². The van der Waals surface area contributed by atoms with Gasteiger partial charge in [0.2, 0.25) is 0 Å². The molecule has 0 aliphatic heterocycles. The minimum atomic E-state index is -0.744. The van der Waals surface area contributed by atoms with Crippen molar-refractivity contribution in [1.29, 1.82) is 0 Å². The van der Waals surface area contributed by atoms with Gasteiger partial charge in [-0.1, -0.05) is 32.6 Å². The van der Waals surface area contributed by atoms with E-state index in [1.54, 1.807) is 0 Å². The van der Waals surface area contributed by atoms with Crippen LogP contribution < -0.4 is 0 Å². The van der Waals surface area contributed by atoms with Crippen molar-refractivity contribution in [3.05, 3.63) is 0 Å². The second-order valence-electron chi connectivity index (χ2n) is 2.44. The molecule has 0 radical (unpaired) electrons. The van der Waals surface area contributed by atoms with Crippen molar-refractivity contribution in [2.45, 2.75) is 39.0 Å². The summed E-state index contributed by atoms with van der Waals surface area (Å²) in [6.07, 6.45) is 4.96. The third kappa shape index (κ3) is 7.82. The number of nitrogens with zero attached hydrogens (tertiary/aromatic N) is 1. The number of halogens is 2. The van der Waals surface area contributed by atoms with Crippen molar-refractivity contribution in [3.8, 4) is 0 Å². The Balaban J connectivity index is 2.77. The molecule has 1 nitrogen and oxygen atoms in total. The smallest absolute Gasteiger partial charge is 0.0620 e. The largest absolute Gasteiger partial charge is 0.102 e. The predicted octanol–water partition coefficient (Wildman–Crippen LogP) is 3.03. The highest BCUT2D eigenvalue weighted by molar-refractivity contribution is 4.41. The first kappa shape index (κ1) is 9.82. The molecule has 62 valence electrons. The molecule has 0 saturated heterocycles. The minimum Gasteiger partial charge on any atom is -0.102 e. The highest BCUT2D eigenvalue weighted by Crippen LogP contribution is 2.03. The first-order valence-corrected chi connectivity index (χ1v) is 3.86. The quantitative estimate of drug-likeness (QED) is 0.416. The van der Waals surface area contributed by atoms with Crippen LogP contribution in [0.15, 0.2) is 0 Å². The molecule has 0 bridgehead atoms. The fraction of sp³-hybridized carbons (Fsp3) is 1.00. The van der Waals surface area contributed by atoms with Gasteiger partial charge in [-0.25, -0.2) is 0 Å². The van der Waals surface area contributed by atoms with Crippen molar-refractivity contribution < 1.29 is 8.96 Å². The molecule has 0 aromatic heterocycles. The standard InChI is InChI=1S/C7H15F2N/c1-2-3-4-5-6-7-10(8)9/h2-7H2,1H3. The Morgan fingerprint density at radius 1 is 1.00 bits per heavy atom. The molecule has 0 N–H and O–H groups in total. The number of unbranched alkanes of at least 4 members (excludes halogenated alkanes) is 4. The average molecular weight is 151 g/mol. The molecule has 3 heteroatoms. The maximum absolute atomic E-state index is 11.4.